The van der Waals surface area contributed by atoms with Gasteiger partial charge in [0, 0.05) is 33.3 Å². The third-order valence-electron chi connectivity index (χ3n) is 9.78. The zero-order valence-corrected chi connectivity index (χ0v) is 35.2. The molecule has 5 rings (SSSR count). The predicted octanol–water partition coefficient (Wildman–Crippen LogP) is 4.81. The molecule has 15 heteroatoms. The molecule has 0 radical (unpaired) electrons. The van der Waals surface area contributed by atoms with Crippen LogP contribution in [-0.4, -0.2) is 105 Å². The average Bonchev–Trinajstić information content (AvgIpc) is 3.22. The summed E-state index contributed by atoms with van der Waals surface area (Å²) in [5.74, 6) is -2.52. The van der Waals surface area contributed by atoms with E-state index in [-0.39, 0.29) is 26.4 Å². The molecule has 0 aliphatic carbocycles. The highest BCUT2D eigenvalue weighted by Gasteiger charge is 2.54. The minimum Gasteiger partial charge on any atom is -0.463 e. The Morgan fingerprint density at radius 1 is 0.550 bits per heavy atom. The molecule has 3 aromatic carbocycles. The van der Waals surface area contributed by atoms with E-state index < -0.39 is 97.2 Å². The Kier molecular flexibility index (Phi) is 17.1. The first-order chi connectivity index (χ1) is 28.7. The van der Waals surface area contributed by atoms with Gasteiger partial charge in [0.25, 0.3) is 0 Å². The van der Waals surface area contributed by atoms with E-state index in [4.69, 9.17) is 47.4 Å². The van der Waals surface area contributed by atoms with Crippen LogP contribution in [0.5, 0.6) is 0 Å². The largest absolute Gasteiger partial charge is 0.463 e. The highest BCUT2D eigenvalue weighted by atomic mass is 16.7. The molecule has 2 saturated heterocycles. The molecular formula is C45H57NO14. The molecule has 15 nitrogen and oxygen atoms in total. The molecule has 10 atom stereocenters. The number of nitrogens with one attached hydrogen (secondary N) is 1. The number of esters is 3. The van der Waals surface area contributed by atoms with E-state index in [0.29, 0.717) is 0 Å². The molecule has 3 aromatic rings. The molecule has 60 heavy (non-hydrogen) atoms. The van der Waals surface area contributed by atoms with Crippen molar-refractivity contribution in [3.63, 3.8) is 0 Å². The smallest absolute Gasteiger partial charge is 0.303 e. The quantitative estimate of drug-likeness (QED) is 0.137. The van der Waals surface area contributed by atoms with Crippen LogP contribution in [-0.2, 0) is 86.4 Å². The Bertz CT molecular complexity index is 1810. The monoisotopic (exact) mass is 835 g/mol. The Labute approximate surface area is 351 Å². The van der Waals surface area contributed by atoms with Crippen LogP contribution in [0, 0.1) is 5.41 Å². The van der Waals surface area contributed by atoms with Gasteiger partial charge in [-0.1, -0.05) is 112 Å². The number of amides is 1. The van der Waals surface area contributed by atoms with Crippen molar-refractivity contribution in [1.29, 1.82) is 0 Å². The molecule has 326 valence electrons. The molecule has 2 aliphatic heterocycles. The fourth-order valence-corrected chi connectivity index (χ4v) is 6.83. The molecule has 0 aromatic heterocycles. The third-order valence-corrected chi connectivity index (χ3v) is 9.78. The minimum atomic E-state index is -1.37. The molecule has 2 fully saturated rings. The molecule has 1 amide bonds. The van der Waals surface area contributed by atoms with E-state index in [9.17, 15) is 19.2 Å². The number of hydrogen-bond acceptors (Lipinski definition) is 14. The average molecular weight is 836 g/mol. The van der Waals surface area contributed by atoms with Crippen LogP contribution >= 0.6 is 0 Å². The van der Waals surface area contributed by atoms with Crippen LogP contribution in [0.15, 0.2) is 91.0 Å². The lowest BCUT2D eigenvalue weighted by molar-refractivity contribution is -0.335. The summed E-state index contributed by atoms with van der Waals surface area (Å²) in [5.41, 5.74) is 1.82. The minimum absolute atomic E-state index is 0.173. The summed E-state index contributed by atoms with van der Waals surface area (Å²) < 4.78 is 62.1. The van der Waals surface area contributed by atoms with E-state index in [1.165, 1.54) is 27.9 Å². The Morgan fingerprint density at radius 2 is 1.00 bits per heavy atom. The lowest BCUT2D eigenvalue weighted by Crippen LogP contribution is -2.68. The highest BCUT2D eigenvalue weighted by molar-refractivity contribution is 5.81. The molecule has 0 bridgehead atoms. The van der Waals surface area contributed by atoms with E-state index in [0.717, 1.165) is 16.7 Å². The molecule has 0 spiro atoms. The van der Waals surface area contributed by atoms with Crippen molar-refractivity contribution in [3.05, 3.63) is 108 Å². The molecule has 0 unspecified atom stereocenters. The van der Waals surface area contributed by atoms with Crippen LogP contribution in [0.25, 0.3) is 0 Å². The van der Waals surface area contributed by atoms with Crippen LogP contribution in [0.3, 0.4) is 0 Å². The third kappa shape index (κ3) is 13.4. The molecule has 2 aliphatic rings. The zero-order chi connectivity index (χ0) is 43.2. The van der Waals surface area contributed by atoms with E-state index >= 15 is 0 Å². The molecule has 0 saturated carbocycles. The first-order valence-electron chi connectivity index (χ1n) is 19.9. The molecule has 1 N–H and O–H groups in total. The highest BCUT2D eigenvalue weighted by Crippen LogP contribution is 2.34. The van der Waals surface area contributed by atoms with Gasteiger partial charge in [0.05, 0.1) is 26.4 Å². The SMILES string of the molecule is CO[C@H]1O[C@H](CO[C@@H]2O[C@H](COC(C)=O)[C@@H](OC(C)=O)[C@H](OC(C)=O)[C@H]2NC(=O)C(C)(C)C)[C@@H](OCc2ccccc2)[C@H](OCc2ccccc2)[C@H]1OCc1ccccc1. The Hall–Kier alpha value is -4.74. The number of carbonyl (C=O) groups is 4. The fraction of sp³-hybridized carbons (Fsp3) is 0.511. The van der Waals surface area contributed by atoms with Crippen LogP contribution in [0.1, 0.15) is 58.2 Å². The first kappa shape index (κ1) is 46.3. The van der Waals surface area contributed by atoms with E-state index in [2.05, 4.69) is 5.32 Å². The lowest BCUT2D eigenvalue weighted by Gasteiger charge is -2.47. The summed E-state index contributed by atoms with van der Waals surface area (Å²) in [7, 11) is 1.50. The van der Waals surface area contributed by atoms with Gasteiger partial charge in [-0.15, -0.1) is 0 Å². The van der Waals surface area contributed by atoms with Crippen molar-refractivity contribution < 1.29 is 66.5 Å². The normalized spacial score (nSPS) is 26.7. The van der Waals surface area contributed by atoms with Gasteiger partial charge in [0.1, 0.15) is 43.2 Å². The van der Waals surface area contributed by atoms with Crippen molar-refractivity contribution in [3.8, 4) is 0 Å². The maximum Gasteiger partial charge on any atom is 0.303 e. The van der Waals surface area contributed by atoms with Crippen molar-refractivity contribution in [2.45, 2.75) is 123 Å². The van der Waals surface area contributed by atoms with Gasteiger partial charge in [-0.2, -0.15) is 0 Å². The van der Waals surface area contributed by atoms with Crippen molar-refractivity contribution in [1.82, 2.24) is 5.32 Å². The summed E-state index contributed by atoms with van der Waals surface area (Å²) in [4.78, 5) is 50.6. The Morgan fingerprint density at radius 3 is 1.47 bits per heavy atom. The zero-order valence-electron chi connectivity index (χ0n) is 35.2. The van der Waals surface area contributed by atoms with Gasteiger partial charge in [0.2, 0.25) is 5.91 Å². The number of carbonyl (C=O) groups excluding carboxylic acids is 4. The topological polar surface area (TPSA) is 173 Å². The maximum absolute atomic E-state index is 13.6. The summed E-state index contributed by atoms with van der Waals surface area (Å²) in [6, 6.07) is 27.7. The molecule has 2 heterocycles. The summed E-state index contributed by atoms with van der Waals surface area (Å²) >= 11 is 0. The fourth-order valence-electron chi connectivity index (χ4n) is 6.83. The summed E-state index contributed by atoms with van der Waals surface area (Å²) in [6.45, 7) is 8.65. The lowest BCUT2D eigenvalue weighted by atomic mass is 9.92. The summed E-state index contributed by atoms with van der Waals surface area (Å²) in [5, 5.41) is 2.90. The van der Waals surface area contributed by atoms with Crippen LogP contribution < -0.4 is 5.32 Å². The van der Waals surface area contributed by atoms with Crippen molar-refractivity contribution in [2.75, 3.05) is 20.3 Å². The second kappa shape index (κ2) is 22.2. The number of hydrogen-bond donors (Lipinski definition) is 1. The number of ether oxygens (including phenoxy) is 10. The summed E-state index contributed by atoms with van der Waals surface area (Å²) in [6.07, 6.45) is -9.49. The van der Waals surface area contributed by atoms with Crippen LogP contribution in [0.2, 0.25) is 0 Å². The Balaban J connectivity index is 1.51. The second-order valence-corrected chi connectivity index (χ2v) is 15.6. The van der Waals surface area contributed by atoms with Gasteiger partial charge < -0.3 is 52.7 Å². The van der Waals surface area contributed by atoms with E-state index in [1.807, 2.05) is 91.0 Å². The van der Waals surface area contributed by atoms with Crippen molar-refractivity contribution in [2.24, 2.45) is 5.41 Å². The van der Waals surface area contributed by atoms with Gasteiger partial charge in [-0.25, -0.2) is 0 Å². The van der Waals surface area contributed by atoms with Gasteiger partial charge in [0.15, 0.2) is 24.8 Å². The number of methoxy groups -OCH3 is 1. The van der Waals surface area contributed by atoms with Crippen molar-refractivity contribution >= 4 is 23.8 Å². The maximum atomic E-state index is 13.6. The number of benzene rings is 3. The van der Waals surface area contributed by atoms with Crippen LogP contribution in [0.4, 0.5) is 0 Å². The van der Waals surface area contributed by atoms with E-state index in [1.54, 1.807) is 20.8 Å². The number of rotatable bonds is 18. The predicted molar refractivity (Wildman–Crippen MR) is 214 cm³/mol. The first-order valence-corrected chi connectivity index (χ1v) is 19.9. The van der Waals surface area contributed by atoms with Gasteiger partial charge in [-0.05, 0) is 16.7 Å². The van der Waals surface area contributed by atoms with Gasteiger partial charge >= 0.3 is 17.9 Å². The standard InChI is InChI=1S/C45H57NO14/c1-28(47)52-26-35-38(57-29(2)48)39(58-30(3)49)36(46-44(50)45(4,5)6)42(59-35)56-27-34-37(53-23-31-17-11-8-12-18-31)40(54-24-32-19-13-9-14-20-32)41(43(51-7)60-34)55-25-33-21-15-10-16-22-33/h8-22,34-43H,23-27H2,1-7H3,(H,46,50)/t34-,35-,36-,37-,38-,39-,40+,41-,42-,43+/m1/s1. The van der Waals surface area contributed by atoms with Gasteiger partial charge in [-0.3, -0.25) is 19.2 Å². The second-order valence-electron chi connectivity index (χ2n) is 15.6. The molecular weight excluding hydrogens is 778 g/mol.